The van der Waals surface area contributed by atoms with Crippen molar-refractivity contribution >= 4 is 11.9 Å². The van der Waals surface area contributed by atoms with E-state index in [0.29, 0.717) is 6.42 Å². The van der Waals surface area contributed by atoms with Crippen LogP contribution in [0.4, 0.5) is 0 Å². The van der Waals surface area contributed by atoms with E-state index in [9.17, 15) is 9.59 Å². The third-order valence-corrected chi connectivity index (χ3v) is 3.52. The number of carboxylic acid groups (broad SMARTS) is 1. The minimum absolute atomic E-state index is 0.234. The molecule has 0 aromatic heterocycles. The van der Waals surface area contributed by atoms with Crippen molar-refractivity contribution in [3.05, 3.63) is 11.6 Å². The quantitative estimate of drug-likeness (QED) is 0.394. The van der Waals surface area contributed by atoms with Gasteiger partial charge in [0.15, 0.2) is 0 Å². The minimum atomic E-state index is -1.11. The molecule has 0 radical (unpaired) electrons. The number of hydrogen-bond donors (Lipinski definition) is 1. The Morgan fingerprint density at radius 2 is 1.86 bits per heavy atom. The largest absolute Gasteiger partial charge is 0.478 e. The third-order valence-electron chi connectivity index (χ3n) is 3.52. The van der Waals surface area contributed by atoms with Gasteiger partial charge in [-0.05, 0) is 25.8 Å². The number of unbranched alkanes of at least 4 members (excludes halogenated alkanes) is 3. The lowest BCUT2D eigenvalue weighted by Gasteiger charge is -2.26. The fourth-order valence-corrected chi connectivity index (χ4v) is 2.34. The molecule has 0 bridgehead atoms. The number of hydrogen-bond acceptors (Lipinski definition) is 5. The van der Waals surface area contributed by atoms with Crippen LogP contribution in [0, 0.1) is 0 Å². The molecule has 0 unspecified atom stereocenters. The third kappa shape index (κ3) is 7.82. The van der Waals surface area contributed by atoms with Crippen molar-refractivity contribution in [1.29, 1.82) is 0 Å². The van der Waals surface area contributed by atoms with Gasteiger partial charge in [0.1, 0.15) is 0 Å². The molecule has 0 aromatic rings. The Labute approximate surface area is 125 Å². The van der Waals surface area contributed by atoms with Crippen LogP contribution in [0.15, 0.2) is 11.6 Å². The second-order valence-corrected chi connectivity index (χ2v) is 5.12. The molecule has 6 nitrogen and oxygen atoms in total. The molecule has 1 rings (SSSR count). The van der Waals surface area contributed by atoms with Gasteiger partial charge >= 0.3 is 11.9 Å². The monoisotopic (exact) mass is 299 g/mol. The number of carboxylic acids is 1. The second kappa shape index (κ2) is 10.3. The Morgan fingerprint density at radius 1 is 1.19 bits per heavy atom. The van der Waals surface area contributed by atoms with Crippen LogP contribution in [0.5, 0.6) is 0 Å². The molecule has 0 amide bonds. The highest BCUT2D eigenvalue weighted by molar-refractivity contribution is 5.95. The Kier molecular flexibility index (Phi) is 8.69. The fraction of sp³-hybridized carbons (Fsp3) is 0.733. The summed E-state index contributed by atoms with van der Waals surface area (Å²) in [5, 5.41) is 8.71. The van der Waals surface area contributed by atoms with E-state index < -0.39 is 11.9 Å². The van der Waals surface area contributed by atoms with E-state index in [1.807, 2.05) is 0 Å². The van der Waals surface area contributed by atoms with E-state index >= 15 is 0 Å². The SMILES string of the molecule is COC(=O)C(=CC(=O)O)CCCCCCN1CCOCC1. The van der Waals surface area contributed by atoms with Crippen LogP contribution in [0.1, 0.15) is 32.1 Å². The number of morpholine rings is 1. The predicted molar refractivity (Wildman–Crippen MR) is 78.1 cm³/mol. The molecule has 0 aliphatic carbocycles. The second-order valence-electron chi connectivity index (χ2n) is 5.12. The van der Waals surface area contributed by atoms with Crippen LogP contribution in [-0.2, 0) is 19.1 Å². The van der Waals surface area contributed by atoms with Gasteiger partial charge in [-0.25, -0.2) is 9.59 Å². The number of methoxy groups -OCH3 is 1. The molecule has 1 fully saturated rings. The number of carbonyl (C=O) groups is 2. The minimum Gasteiger partial charge on any atom is -0.478 e. The average molecular weight is 299 g/mol. The first-order valence-electron chi connectivity index (χ1n) is 7.45. The lowest BCUT2D eigenvalue weighted by atomic mass is 10.1. The molecule has 1 aliphatic rings. The van der Waals surface area contributed by atoms with Crippen molar-refractivity contribution in [3.63, 3.8) is 0 Å². The first kappa shape index (κ1) is 17.7. The molecule has 21 heavy (non-hydrogen) atoms. The van der Waals surface area contributed by atoms with Gasteiger partial charge in [-0.1, -0.05) is 12.8 Å². The van der Waals surface area contributed by atoms with Crippen LogP contribution >= 0.6 is 0 Å². The molecule has 0 spiro atoms. The molecule has 1 saturated heterocycles. The standard InChI is InChI=1S/C15H25NO5/c1-20-15(19)13(12-14(17)18)6-4-2-3-5-7-16-8-10-21-11-9-16/h12H,2-11H2,1H3,(H,17,18). The number of ether oxygens (including phenoxy) is 2. The summed E-state index contributed by atoms with van der Waals surface area (Å²) in [6, 6.07) is 0. The van der Waals surface area contributed by atoms with E-state index in [0.717, 1.165) is 64.6 Å². The number of aliphatic carboxylic acids is 1. The highest BCUT2D eigenvalue weighted by Crippen LogP contribution is 2.12. The van der Waals surface area contributed by atoms with E-state index in [1.165, 1.54) is 7.11 Å². The topological polar surface area (TPSA) is 76.1 Å². The number of nitrogens with zero attached hydrogens (tertiary/aromatic N) is 1. The molecule has 120 valence electrons. The zero-order chi connectivity index (χ0) is 15.5. The highest BCUT2D eigenvalue weighted by Gasteiger charge is 2.12. The molecule has 1 heterocycles. The Hall–Kier alpha value is -1.40. The predicted octanol–water partition coefficient (Wildman–Crippen LogP) is 1.45. The van der Waals surface area contributed by atoms with Gasteiger partial charge in [0.05, 0.1) is 20.3 Å². The maximum absolute atomic E-state index is 11.4. The molecule has 1 aliphatic heterocycles. The first-order valence-corrected chi connectivity index (χ1v) is 7.45. The van der Waals surface area contributed by atoms with Crippen molar-refractivity contribution in [2.24, 2.45) is 0 Å². The van der Waals surface area contributed by atoms with E-state index in [4.69, 9.17) is 9.84 Å². The van der Waals surface area contributed by atoms with Crippen molar-refractivity contribution in [2.45, 2.75) is 32.1 Å². The summed E-state index contributed by atoms with van der Waals surface area (Å²) in [6.45, 7) is 4.74. The Balaban J connectivity index is 2.13. The first-order chi connectivity index (χ1) is 10.1. The number of esters is 1. The van der Waals surface area contributed by atoms with Crippen LogP contribution in [0.2, 0.25) is 0 Å². The molecule has 0 saturated carbocycles. The normalized spacial score (nSPS) is 16.7. The lowest BCUT2D eigenvalue weighted by molar-refractivity contribution is -0.137. The maximum atomic E-state index is 11.4. The van der Waals surface area contributed by atoms with Crippen LogP contribution in [-0.4, -0.2) is 61.9 Å². The molecular weight excluding hydrogens is 274 g/mol. The summed E-state index contributed by atoms with van der Waals surface area (Å²) in [6.07, 6.45) is 5.39. The number of rotatable bonds is 9. The van der Waals surface area contributed by atoms with Gasteiger partial charge in [0.25, 0.3) is 0 Å². The zero-order valence-electron chi connectivity index (χ0n) is 12.7. The van der Waals surface area contributed by atoms with Crippen LogP contribution in [0.25, 0.3) is 0 Å². The van der Waals surface area contributed by atoms with Crippen LogP contribution in [0.3, 0.4) is 0 Å². The van der Waals surface area contributed by atoms with Crippen LogP contribution < -0.4 is 0 Å². The van der Waals surface area contributed by atoms with Crippen molar-refractivity contribution in [3.8, 4) is 0 Å². The smallest absolute Gasteiger partial charge is 0.333 e. The summed E-state index contributed by atoms with van der Waals surface area (Å²) < 4.78 is 9.88. The van der Waals surface area contributed by atoms with Gasteiger partial charge in [-0.3, -0.25) is 4.90 Å². The van der Waals surface area contributed by atoms with E-state index in [-0.39, 0.29) is 5.57 Å². The van der Waals surface area contributed by atoms with Gasteiger partial charge in [0, 0.05) is 24.7 Å². The summed E-state index contributed by atoms with van der Waals surface area (Å²) in [5.41, 5.74) is 0.234. The molecule has 1 N–H and O–H groups in total. The average Bonchev–Trinajstić information content (AvgIpc) is 2.49. The Bertz CT molecular complexity index is 361. The Morgan fingerprint density at radius 3 is 2.48 bits per heavy atom. The fourth-order valence-electron chi connectivity index (χ4n) is 2.34. The lowest BCUT2D eigenvalue weighted by Crippen LogP contribution is -2.36. The zero-order valence-corrected chi connectivity index (χ0v) is 12.7. The summed E-state index contributed by atoms with van der Waals surface area (Å²) >= 11 is 0. The molecule has 6 heteroatoms. The maximum Gasteiger partial charge on any atom is 0.333 e. The molecule has 0 aromatic carbocycles. The molecule has 0 atom stereocenters. The van der Waals surface area contributed by atoms with Gasteiger partial charge in [0.2, 0.25) is 0 Å². The van der Waals surface area contributed by atoms with Crippen molar-refractivity contribution < 1.29 is 24.2 Å². The van der Waals surface area contributed by atoms with Crippen molar-refractivity contribution in [2.75, 3.05) is 40.0 Å². The molecular formula is C15H25NO5. The van der Waals surface area contributed by atoms with Crippen molar-refractivity contribution in [1.82, 2.24) is 4.90 Å². The summed E-state index contributed by atoms with van der Waals surface area (Å²) in [4.78, 5) is 24.4. The number of carbonyl (C=O) groups excluding carboxylic acids is 1. The summed E-state index contributed by atoms with van der Waals surface area (Å²) in [5.74, 6) is -1.66. The van der Waals surface area contributed by atoms with Gasteiger partial charge < -0.3 is 14.6 Å². The summed E-state index contributed by atoms with van der Waals surface area (Å²) in [7, 11) is 1.26. The van der Waals surface area contributed by atoms with Gasteiger partial charge in [-0.2, -0.15) is 0 Å². The highest BCUT2D eigenvalue weighted by atomic mass is 16.5. The van der Waals surface area contributed by atoms with E-state index in [2.05, 4.69) is 9.64 Å². The van der Waals surface area contributed by atoms with E-state index in [1.54, 1.807) is 0 Å². The van der Waals surface area contributed by atoms with Gasteiger partial charge in [-0.15, -0.1) is 0 Å².